The number of Topliss-reactive ketones (excluding diaryl/α,β-unsaturated/α-hetero) is 1. The van der Waals surface area contributed by atoms with Gasteiger partial charge in [0, 0.05) is 26.1 Å². The number of ketones is 1. The van der Waals surface area contributed by atoms with Crippen LogP contribution in [0.15, 0.2) is 15.0 Å². The van der Waals surface area contributed by atoms with E-state index in [1.54, 1.807) is 27.7 Å². The number of amides is 8. The summed E-state index contributed by atoms with van der Waals surface area (Å²) in [6, 6.07) is -7.33. The number of nitrogens with zero attached hydrogens (tertiary/aromatic N) is 3. The normalized spacial score (nSPS) is 14.3. The standard InChI is InChI=1S/C46H87N17O9/c1-9-11-12-19-33(64)57-24-34(65)58-28(8)39(68)62-35(26(5)6)42(71)63-36(27(7)10-2)43(72)61-32(23-25(3)4)41(70)60-31(18-15-22-56-46(52)53)40(69)59-30(17-14-21-55-45(50)51)37(66)29(38(47)67)16-13-20-54-44(48)49/h25-32,35-36H,9-24H2,1-8H3,(H2,47,67)(H,57,64)(H,58,65)(H,59,69)(H,60,70)(H,61,72)(H,62,68)(H,63,71)(H4,48,49,54)(H4,50,51,55)(H4,52,53,56)/t27-,28-,29-,30-,31-,32-,35-,36-/m0/s1. The lowest BCUT2D eigenvalue weighted by Gasteiger charge is -2.30. The van der Waals surface area contributed by atoms with Gasteiger partial charge in [0.15, 0.2) is 23.7 Å². The number of unbranched alkanes of at least 4 members (excludes halogenated alkanes) is 2. The van der Waals surface area contributed by atoms with E-state index in [4.69, 9.17) is 40.1 Å². The van der Waals surface area contributed by atoms with Crippen molar-refractivity contribution < 1.29 is 43.2 Å². The maximum atomic E-state index is 14.3. The van der Waals surface area contributed by atoms with Crippen LogP contribution in [0.4, 0.5) is 0 Å². The van der Waals surface area contributed by atoms with Gasteiger partial charge in [-0.1, -0.05) is 67.7 Å². The highest BCUT2D eigenvalue weighted by molar-refractivity contribution is 6.05. The predicted molar refractivity (Wildman–Crippen MR) is 276 cm³/mol. The van der Waals surface area contributed by atoms with E-state index in [2.05, 4.69) is 52.2 Å². The summed E-state index contributed by atoms with van der Waals surface area (Å²) in [6.45, 7) is 13.9. The molecule has 8 amide bonds. The van der Waals surface area contributed by atoms with E-state index in [0.29, 0.717) is 12.8 Å². The van der Waals surface area contributed by atoms with Crippen LogP contribution in [0.25, 0.3) is 0 Å². The van der Waals surface area contributed by atoms with Gasteiger partial charge in [-0.15, -0.1) is 0 Å². The number of hydrogen-bond acceptors (Lipinski definition) is 12. The summed E-state index contributed by atoms with van der Waals surface area (Å²) >= 11 is 0. The molecule has 0 aromatic carbocycles. The number of primary amides is 1. The number of carbonyl (C=O) groups excluding carboxylic acids is 9. The Kier molecular flexibility index (Phi) is 32.0. The van der Waals surface area contributed by atoms with Crippen LogP contribution in [0.3, 0.4) is 0 Å². The number of carbonyl (C=O) groups is 9. The number of aliphatic imine (C=N–C) groups is 3. The Balaban J connectivity index is 6.58. The van der Waals surface area contributed by atoms with Crippen molar-refractivity contribution in [2.24, 2.45) is 78.8 Å². The minimum atomic E-state index is -1.35. The van der Waals surface area contributed by atoms with Crippen LogP contribution < -0.4 is 77.4 Å². The molecule has 21 N–H and O–H groups in total. The number of rotatable bonds is 37. The molecule has 0 unspecified atom stereocenters. The second kappa shape index (κ2) is 35.4. The second-order valence-corrected chi connectivity index (χ2v) is 18.6. The van der Waals surface area contributed by atoms with Gasteiger partial charge in [-0.05, 0) is 76.0 Å². The largest absolute Gasteiger partial charge is 0.370 e. The molecule has 0 aliphatic heterocycles. The average molecular weight is 1020 g/mol. The van der Waals surface area contributed by atoms with Gasteiger partial charge in [-0.2, -0.15) is 0 Å². The minimum Gasteiger partial charge on any atom is -0.370 e. The van der Waals surface area contributed by atoms with E-state index in [0.717, 1.165) is 12.8 Å². The fourth-order valence-electron chi connectivity index (χ4n) is 7.16. The zero-order valence-electron chi connectivity index (χ0n) is 43.6. The molecule has 0 rings (SSSR count). The number of nitrogens with one attached hydrogen (secondary N) is 7. The summed E-state index contributed by atoms with van der Waals surface area (Å²) in [5.41, 5.74) is 38.5. The summed E-state index contributed by atoms with van der Waals surface area (Å²) in [6.07, 6.45) is 3.73. The molecule has 0 radical (unpaired) electrons. The van der Waals surface area contributed by atoms with Gasteiger partial charge in [0.25, 0.3) is 0 Å². The van der Waals surface area contributed by atoms with Crippen molar-refractivity contribution in [2.45, 2.75) is 169 Å². The summed E-state index contributed by atoms with van der Waals surface area (Å²) in [5, 5.41) is 18.6. The Morgan fingerprint density at radius 1 is 0.486 bits per heavy atom. The molecule has 0 fully saturated rings. The zero-order chi connectivity index (χ0) is 55.1. The quantitative estimate of drug-likeness (QED) is 0.0129. The lowest BCUT2D eigenvalue weighted by Crippen LogP contribution is -2.61. The van der Waals surface area contributed by atoms with Crippen molar-refractivity contribution >= 4 is 70.9 Å². The van der Waals surface area contributed by atoms with Crippen molar-refractivity contribution in [1.82, 2.24) is 37.2 Å². The van der Waals surface area contributed by atoms with E-state index < -0.39 is 101 Å². The van der Waals surface area contributed by atoms with Crippen LogP contribution >= 0.6 is 0 Å². The monoisotopic (exact) mass is 1020 g/mol. The zero-order valence-corrected chi connectivity index (χ0v) is 43.6. The molecule has 0 aliphatic rings. The Hall–Kier alpha value is -6.76. The van der Waals surface area contributed by atoms with Gasteiger partial charge in [0.05, 0.1) is 18.5 Å². The van der Waals surface area contributed by atoms with Crippen LogP contribution in [0, 0.1) is 23.7 Å². The Morgan fingerprint density at radius 2 is 0.958 bits per heavy atom. The Bertz CT molecular complexity index is 1860. The van der Waals surface area contributed by atoms with Gasteiger partial charge < -0.3 is 77.4 Å². The maximum Gasteiger partial charge on any atom is 0.243 e. The fraction of sp³-hybridized carbons (Fsp3) is 0.739. The first-order valence-corrected chi connectivity index (χ1v) is 24.8. The highest BCUT2D eigenvalue weighted by atomic mass is 16.2. The van der Waals surface area contributed by atoms with Gasteiger partial charge in [0.2, 0.25) is 47.3 Å². The first-order valence-electron chi connectivity index (χ1n) is 24.8. The predicted octanol–water partition coefficient (Wildman–Crippen LogP) is -2.81. The lowest BCUT2D eigenvalue weighted by atomic mass is 9.90. The fourth-order valence-corrected chi connectivity index (χ4v) is 7.16. The van der Waals surface area contributed by atoms with E-state index in [-0.39, 0.29) is 107 Å². The third kappa shape index (κ3) is 27.6. The van der Waals surface area contributed by atoms with E-state index in [1.807, 2.05) is 20.8 Å². The first kappa shape index (κ1) is 65.2. The molecular weight excluding hydrogens is 935 g/mol. The van der Waals surface area contributed by atoms with Crippen LogP contribution in [0.5, 0.6) is 0 Å². The van der Waals surface area contributed by atoms with E-state index in [9.17, 15) is 43.2 Å². The summed E-state index contributed by atoms with van der Waals surface area (Å²) in [5.74, 6) is -9.29. The minimum absolute atomic E-state index is 0.0282. The molecule has 26 heteroatoms. The van der Waals surface area contributed by atoms with Crippen molar-refractivity contribution in [2.75, 3.05) is 26.2 Å². The second-order valence-electron chi connectivity index (χ2n) is 18.6. The van der Waals surface area contributed by atoms with Crippen molar-refractivity contribution in [3.8, 4) is 0 Å². The highest BCUT2D eigenvalue weighted by Gasteiger charge is 2.37. The summed E-state index contributed by atoms with van der Waals surface area (Å²) in [4.78, 5) is 133. The molecule has 0 aromatic rings. The smallest absolute Gasteiger partial charge is 0.243 e. The van der Waals surface area contributed by atoms with Crippen molar-refractivity contribution in [3.05, 3.63) is 0 Å². The first-order chi connectivity index (χ1) is 33.7. The van der Waals surface area contributed by atoms with Crippen LogP contribution in [-0.2, 0) is 43.2 Å². The van der Waals surface area contributed by atoms with Crippen LogP contribution in [0.2, 0.25) is 0 Å². The molecular formula is C46H87N17O9. The third-order valence-corrected chi connectivity index (χ3v) is 11.4. The summed E-state index contributed by atoms with van der Waals surface area (Å²) in [7, 11) is 0. The highest BCUT2D eigenvalue weighted by Crippen LogP contribution is 2.16. The van der Waals surface area contributed by atoms with Gasteiger partial charge in [-0.3, -0.25) is 58.1 Å². The molecule has 72 heavy (non-hydrogen) atoms. The Labute approximate surface area is 424 Å². The average Bonchev–Trinajstić information content (AvgIpc) is 3.29. The molecule has 26 nitrogen and oxygen atoms in total. The number of nitrogens with two attached hydrogens (primary N) is 7. The van der Waals surface area contributed by atoms with E-state index >= 15 is 0 Å². The Morgan fingerprint density at radius 3 is 1.44 bits per heavy atom. The third-order valence-electron chi connectivity index (χ3n) is 11.4. The maximum absolute atomic E-state index is 14.3. The molecule has 8 atom stereocenters. The van der Waals surface area contributed by atoms with Gasteiger partial charge in [-0.25, -0.2) is 0 Å². The SMILES string of the molecule is CCCCCC(=O)NCC(=O)N[C@@H](C)C(=O)N[C@H](C(=O)N[C@H](C(=O)N[C@@H](CC(C)C)C(=O)N[C@@H](CCCN=C(N)N)C(=O)N[C@@H](CCCN=C(N)N)C(=O)[C@H](CCCN=C(N)N)C(N)=O)[C@@H](C)CC)C(C)C. The number of hydrogen-bond donors (Lipinski definition) is 14. The summed E-state index contributed by atoms with van der Waals surface area (Å²) < 4.78 is 0. The lowest BCUT2D eigenvalue weighted by molar-refractivity contribution is -0.137. The van der Waals surface area contributed by atoms with Crippen LogP contribution in [0.1, 0.15) is 132 Å². The van der Waals surface area contributed by atoms with Gasteiger partial charge in [0.1, 0.15) is 30.2 Å². The van der Waals surface area contributed by atoms with Gasteiger partial charge >= 0.3 is 0 Å². The molecule has 0 spiro atoms. The van der Waals surface area contributed by atoms with Crippen LogP contribution in [-0.4, -0.2) is 133 Å². The molecule has 0 aliphatic carbocycles. The van der Waals surface area contributed by atoms with E-state index in [1.165, 1.54) is 6.92 Å². The topological polar surface area (TPSA) is 457 Å². The molecule has 0 saturated carbocycles. The molecule has 0 bridgehead atoms. The van der Waals surface area contributed by atoms with Crippen molar-refractivity contribution in [3.63, 3.8) is 0 Å². The molecule has 0 saturated heterocycles. The molecule has 0 aromatic heterocycles. The van der Waals surface area contributed by atoms with Crippen molar-refractivity contribution in [1.29, 1.82) is 0 Å². The molecule has 0 heterocycles. The molecule has 410 valence electrons. The number of guanidine groups is 3.